The maximum atomic E-state index is 11.1. The molecule has 1 aromatic heterocycles. The highest BCUT2D eigenvalue weighted by atomic mass is 79.9. The average Bonchev–Trinajstić information content (AvgIpc) is 2.55. The van der Waals surface area contributed by atoms with E-state index in [-0.39, 0.29) is 11.3 Å². The molecule has 132 valence electrons. The highest BCUT2D eigenvalue weighted by Crippen LogP contribution is 2.32. The van der Waals surface area contributed by atoms with Crippen LogP contribution in [0, 0.1) is 13.8 Å². The lowest BCUT2D eigenvalue weighted by molar-refractivity contribution is -0.112. The minimum Gasteiger partial charge on any atom is -0.318 e. The number of carbonyl (C=O) groups excluding carboxylic acids is 1. The molecule has 0 radical (unpaired) electrons. The van der Waals surface area contributed by atoms with Gasteiger partial charge in [-0.3, -0.25) is 14.6 Å². The molecule has 0 saturated carbocycles. The molecule has 7 heteroatoms. The Balaban J connectivity index is 0.000000151. The van der Waals surface area contributed by atoms with Crippen molar-refractivity contribution in [3.63, 3.8) is 0 Å². The zero-order valence-corrected chi connectivity index (χ0v) is 17.3. The molecule has 26 heavy (non-hydrogen) atoms. The zero-order chi connectivity index (χ0) is 18.8. The van der Waals surface area contributed by atoms with Crippen molar-refractivity contribution in [2.24, 2.45) is 4.99 Å². The van der Waals surface area contributed by atoms with Gasteiger partial charge in [0.2, 0.25) is 0 Å². The van der Waals surface area contributed by atoms with Crippen LogP contribution in [0.5, 0.6) is 0 Å². The van der Waals surface area contributed by atoms with Crippen LogP contribution in [-0.4, -0.2) is 22.0 Å². The van der Waals surface area contributed by atoms with Gasteiger partial charge in [0.25, 0.3) is 5.56 Å². The van der Waals surface area contributed by atoms with Gasteiger partial charge in [0.05, 0.1) is 29.1 Å². The van der Waals surface area contributed by atoms with E-state index in [2.05, 4.69) is 46.8 Å². The minimum absolute atomic E-state index is 0.0741. The second kappa shape index (κ2) is 7.63. The first-order chi connectivity index (χ1) is 12.3. The second-order valence-corrected chi connectivity index (χ2v) is 7.75. The maximum Gasteiger partial charge on any atom is 0.266 e. The summed E-state index contributed by atoms with van der Waals surface area (Å²) in [5.41, 5.74) is 5.53. The summed E-state index contributed by atoms with van der Waals surface area (Å²) in [6.45, 7) is 3.99. The van der Waals surface area contributed by atoms with Gasteiger partial charge in [-0.25, -0.2) is 4.98 Å². The van der Waals surface area contributed by atoms with Gasteiger partial charge in [0.1, 0.15) is 0 Å². The number of benzene rings is 2. The number of hydrogen-bond donors (Lipinski definition) is 1. The lowest BCUT2D eigenvalue weighted by atomic mass is 10.0. The number of aromatic amines is 1. The molecule has 0 bridgehead atoms. The van der Waals surface area contributed by atoms with Crippen molar-refractivity contribution in [3.05, 3.63) is 66.5 Å². The molecule has 4 rings (SSSR count). The van der Waals surface area contributed by atoms with Crippen molar-refractivity contribution in [2.75, 3.05) is 0 Å². The Kier molecular flexibility index (Phi) is 5.48. The summed E-state index contributed by atoms with van der Waals surface area (Å²) in [4.78, 5) is 32.9. The number of aliphatic imine (C=N–C) groups is 1. The van der Waals surface area contributed by atoms with Crippen molar-refractivity contribution in [1.29, 1.82) is 0 Å². The molecular weight excluding hydrogens is 462 g/mol. The van der Waals surface area contributed by atoms with E-state index in [4.69, 9.17) is 0 Å². The summed E-state index contributed by atoms with van der Waals surface area (Å²) in [6.07, 6.45) is 3.15. The number of rotatable bonds is 0. The average molecular weight is 477 g/mol. The molecule has 0 spiro atoms. The van der Waals surface area contributed by atoms with Crippen LogP contribution >= 0.6 is 31.9 Å². The van der Waals surface area contributed by atoms with Crippen LogP contribution in [0.2, 0.25) is 0 Å². The van der Waals surface area contributed by atoms with Crippen LogP contribution in [0.15, 0.2) is 49.2 Å². The molecule has 1 aliphatic rings. The fourth-order valence-electron chi connectivity index (χ4n) is 2.69. The second-order valence-electron chi connectivity index (χ2n) is 6.04. The molecule has 5 nitrogen and oxygen atoms in total. The van der Waals surface area contributed by atoms with E-state index >= 15 is 0 Å². The van der Waals surface area contributed by atoms with Crippen LogP contribution in [0.4, 0.5) is 5.69 Å². The quantitative estimate of drug-likeness (QED) is 0.516. The number of Topliss-reactive ketones (excluding diaryl/α,β-unsaturated/α-hetero) is 1. The first-order valence-electron chi connectivity index (χ1n) is 7.84. The smallest absolute Gasteiger partial charge is 0.266 e. The van der Waals surface area contributed by atoms with Crippen LogP contribution in [0.25, 0.3) is 11.0 Å². The lowest BCUT2D eigenvalue weighted by Crippen LogP contribution is -2.08. The fourth-order valence-corrected chi connectivity index (χ4v) is 4.07. The van der Waals surface area contributed by atoms with Gasteiger partial charge >= 0.3 is 0 Å². The highest BCUT2D eigenvalue weighted by Gasteiger charge is 2.14. The molecule has 2 heterocycles. The van der Waals surface area contributed by atoms with E-state index in [1.54, 1.807) is 0 Å². The summed E-state index contributed by atoms with van der Waals surface area (Å²) < 4.78 is 1.83. The molecule has 0 amide bonds. The van der Waals surface area contributed by atoms with E-state index in [0.29, 0.717) is 6.42 Å². The van der Waals surface area contributed by atoms with Gasteiger partial charge in [-0.2, -0.15) is 0 Å². The Labute approximate surface area is 166 Å². The highest BCUT2D eigenvalue weighted by molar-refractivity contribution is 9.11. The number of ketones is 1. The van der Waals surface area contributed by atoms with E-state index in [9.17, 15) is 9.59 Å². The van der Waals surface area contributed by atoms with Gasteiger partial charge in [-0.05, 0) is 80.6 Å². The maximum absolute atomic E-state index is 11.1. The Hall–Kier alpha value is -2.12. The third-order valence-corrected chi connectivity index (χ3v) is 5.00. The Morgan fingerprint density at radius 2 is 1.69 bits per heavy atom. The summed E-state index contributed by atoms with van der Waals surface area (Å²) in [5, 5.41) is 0. The first-order valence-corrected chi connectivity index (χ1v) is 9.43. The van der Waals surface area contributed by atoms with Gasteiger partial charge in [0, 0.05) is 15.4 Å². The molecule has 0 saturated heterocycles. The summed E-state index contributed by atoms with van der Waals surface area (Å²) in [7, 11) is 0. The van der Waals surface area contributed by atoms with Gasteiger partial charge in [-0.15, -0.1) is 0 Å². The molecule has 0 fully saturated rings. The van der Waals surface area contributed by atoms with Gasteiger partial charge < -0.3 is 4.98 Å². The van der Waals surface area contributed by atoms with E-state index in [1.807, 2.05) is 38.1 Å². The molecule has 0 unspecified atom stereocenters. The Morgan fingerprint density at radius 3 is 2.46 bits per heavy atom. The minimum atomic E-state index is -0.183. The van der Waals surface area contributed by atoms with Crippen LogP contribution in [0.1, 0.15) is 16.7 Å². The number of halogens is 2. The standard InChI is InChI=1S/C10H8BrNO.C9H7BrN2O/c1-6-2-7-4-8(13)5-12-10(7)9(11)3-6;1-5-2-6(10)9-7(3-5)11-4-8(13)12-9/h2-3,5H,4H2,1H3;2-4H,1H3,(H,12,13). The van der Waals surface area contributed by atoms with E-state index in [1.165, 1.54) is 12.4 Å². The number of carbonyl (C=O) groups is 1. The number of aromatic nitrogens is 2. The zero-order valence-electron chi connectivity index (χ0n) is 14.1. The molecule has 0 aliphatic carbocycles. The number of aryl methyl sites for hydroxylation is 2. The number of hydrogen-bond acceptors (Lipinski definition) is 4. The van der Waals surface area contributed by atoms with Crippen molar-refractivity contribution in [2.45, 2.75) is 20.3 Å². The number of fused-ring (bicyclic) bond motifs is 2. The predicted octanol–water partition coefficient (Wildman–Crippen LogP) is 4.58. The molecule has 3 aromatic rings. The topological polar surface area (TPSA) is 75.2 Å². The molecule has 0 atom stereocenters. The summed E-state index contributed by atoms with van der Waals surface area (Å²) in [5.74, 6) is 0.0741. The largest absolute Gasteiger partial charge is 0.318 e. The van der Waals surface area contributed by atoms with Crippen molar-refractivity contribution < 1.29 is 4.79 Å². The number of nitrogens with zero attached hydrogens (tertiary/aromatic N) is 2. The third-order valence-electron chi connectivity index (χ3n) is 3.77. The molecule has 1 N–H and O–H groups in total. The van der Waals surface area contributed by atoms with Crippen molar-refractivity contribution in [3.8, 4) is 0 Å². The normalized spacial score (nSPS) is 12.5. The summed E-state index contributed by atoms with van der Waals surface area (Å²) >= 11 is 6.80. The fraction of sp³-hybridized carbons (Fsp3) is 0.158. The van der Waals surface area contributed by atoms with Gasteiger partial charge in [-0.1, -0.05) is 6.07 Å². The van der Waals surface area contributed by atoms with Gasteiger partial charge in [0.15, 0.2) is 5.78 Å². The molecule has 1 aliphatic heterocycles. The monoisotopic (exact) mass is 475 g/mol. The molecule has 2 aromatic carbocycles. The van der Waals surface area contributed by atoms with E-state index < -0.39 is 0 Å². The van der Waals surface area contributed by atoms with Crippen molar-refractivity contribution in [1.82, 2.24) is 9.97 Å². The van der Waals surface area contributed by atoms with Crippen LogP contribution in [0.3, 0.4) is 0 Å². The van der Waals surface area contributed by atoms with Crippen molar-refractivity contribution >= 4 is 60.6 Å². The Bertz CT molecular complexity index is 1100. The number of H-pyrrole nitrogens is 1. The van der Waals surface area contributed by atoms with Crippen LogP contribution < -0.4 is 5.56 Å². The van der Waals surface area contributed by atoms with Crippen LogP contribution in [-0.2, 0) is 11.2 Å². The predicted molar refractivity (Wildman–Crippen MR) is 111 cm³/mol. The lowest BCUT2D eigenvalue weighted by Gasteiger charge is -2.11. The third kappa shape index (κ3) is 4.16. The first kappa shape index (κ1) is 18.7. The Morgan fingerprint density at radius 1 is 1.00 bits per heavy atom. The summed E-state index contributed by atoms with van der Waals surface area (Å²) in [6, 6.07) is 7.89. The van der Waals surface area contributed by atoms with E-state index in [0.717, 1.165) is 42.4 Å². The molecular formula is C19H15Br2N3O2. The SMILES string of the molecule is Cc1cc(Br)c2[nH]c(=O)cnc2c1.Cc1cc(Br)c2c(c1)CC(=O)C=N2. The number of nitrogens with one attached hydrogen (secondary N) is 1.